The molecule has 5 nitrogen and oxygen atoms in total. The minimum Gasteiger partial charge on any atom is -0.342 e. The van der Waals surface area contributed by atoms with Gasteiger partial charge in [-0.05, 0) is 37.7 Å². The molecule has 3 atom stereocenters. The van der Waals surface area contributed by atoms with Crippen LogP contribution in [0.1, 0.15) is 23.9 Å². The molecule has 1 unspecified atom stereocenters. The normalized spacial score (nSPS) is 23.9. The van der Waals surface area contributed by atoms with Crippen LogP contribution < -0.4 is 5.32 Å². The number of aryl methyl sites for hydroxylation is 2. The van der Waals surface area contributed by atoms with Gasteiger partial charge in [0, 0.05) is 44.8 Å². The van der Waals surface area contributed by atoms with E-state index < -0.39 is 0 Å². The summed E-state index contributed by atoms with van der Waals surface area (Å²) in [4.78, 5) is 14.8. The van der Waals surface area contributed by atoms with E-state index in [0.29, 0.717) is 17.7 Å². The van der Waals surface area contributed by atoms with E-state index in [0.717, 1.165) is 38.3 Å². The van der Waals surface area contributed by atoms with Gasteiger partial charge >= 0.3 is 0 Å². The molecule has 3 heterocycles. The summed E-state index contributed by atoms with van der Waals surface area (Å²) in [6.45, 7) is 10.2. The van der Waals surface area contributed by atoms with E-state index >= 15 is 0 Å². The Balaban J connectivity index is 0.00000132. The van der Waals surface area contributed by atoms with Crippen molar-refractivity contribution in [3.63, 3.8) is 0 Å². The molecule has 0 spiro atoms. The van der Waals surface area contributed by atoms with Crippen LogP contribution in [-0.2, 0) is 18.3 Å². The molecule has 0 bridgehead atoms. The number of amides is 1. The second-order valence-corrected chi connectivity index (χ2v) is 6.80. The molecule has 3 rings (SSSR count). The predicted molar refractivity (Wildman–Crippen MR) is 96.5 cm³/mol. The maximum atomic E-state index is 12.7. The largest absolute Gasteiger partial charge is 0.342 e. The zero-order valence-electron chi connectivity index (χ0n) is 14.3. The lowest BCUT2D eigenvalue weighted by Crippen LogP contribution is -2.36. The van der Waals surface area contributed by atoms with Crippen molar-refractivity contribution in [2.45, 2.75) is 27.2 Å². The fraction of sp³-hybridized carbons (Fsp3) is 0.750. The number of nitrogens with one attached hydrogen (secondary N) is 1. The number of fused-ring (bicyclic) bond motifs is 1. The van der Waals surface area contributed by atoms with Gasteiger partial charge in [0.25, 0.3) is 0 Å². The van der Waals surface area contributed by atoms with Crippen molar-refractivity contribution in [1.29, 1.82) is 0 Å². The van der Waals surface area contributed by atoms with E-state index in [1.165, 1.54) is 11.3 Å². The summed E-state index contributed by atoms with van der Waals surface area (Å²) < 4.78 is 1.91. The lowest BCUT2D eigenvalue weighted by atomic mass is 9.98. The van der Waals surface area contributed by atoms with Crippen LogP contribution in [0.5, 0.6) is 0 Å². The third kappa shape index (κ3) is 3.83. The number of likely N-dealkylation sites (tertiary alicyclic amines) is 1. The number of hydrogen-bond donors (Lipinski definition) is 1. The number of hydrogen-bond acceptors (Lipinski definition) is 3. The van der Waals surface area contributed by atoms with Crippen molar-refractivity contribution in [2.24, 2.45) is 24.8 Å². The van der Waals surface area contributed by atoms with Gasteiger partial charge in [0.15, 0.2) is 0 Å². The Bertz CT molecular complexity index is 549. The lowest BCUT2D eigenvalue weighted by molar-refractivity contribution is -0.134. The minimum atomic E-state index is 0. The summed E-state index contributed by atoms with van der Waals surface area (Å²) in [5.74, 6) is 1.69. The van der Waals surface area contributed by atoms with Crippen LogP contribution in [0.15, 0.2) is 0 Å². The molecule has 132 valence electrons. The SMILES string of the molecule is Cc1nn(C)c(C)c1CC(C)C(=O)N1C[C@H]2CNC[C@H]2C1.Cl.Cl. The Kier molecular flexibility index (Phi) is 6.93. The summed E-state index contributed by atoms with van der Waals surface area (Å²) in [7, 11) is 1.97. The van der Waals surface area contributed by atoms with Crippen LogP contribution in [0.4, 0.5) is 0 Å². The van der Waals surface area contributed by atoms with E-state index in [1.807, 2.05) is 18.7 Å². The molecule has 0 radical (unpaired) electrons. The second-order valence-electron chi connectivity index (χ2n) is 6.80. The van der Waals surface area contributed by atoms with Crippen LogP contribution in [0.25, 0.3) is 0 Å². The molecular formula is C16H28Cl2N4O. The number of nitrogens with zero attached hydrogens (tertiary/aromatic N) is 3. The van der Waals surface area contributed by atoms with Crippen LogP contribution in [0.2, 0.25) is 0 Å². The Morgan fingerprint density at radius 3 is 2.30 bits per heavy atom. The highest BCUT2D eigenvalue weighted by Crippen LogP contribution is 2.28. The first kappa shape index (κ1) is 20.3. The molecular weight excluding hydrogens is 335 g/mol. The Morgan fingerprint density at radius 2 is 1.83 bits per heavy atom. The minimum absolute atomic E-state index is 0. The van der Waals surface area contributed by atoms with Crippen LogP contribution in [-0.4, -0.2) is 46.8 Å². The van der Waals surface area contributed by atoms with Crippen molar-refractivity contribution >= 4 is 30.7 Å². The molecule has 7 heteroatoms. The van der Waals surface area contributed by atoms with Crippen molar-refractivity contribution in [2.75, 3.05) is 26.2 Å². The van der Waals surface area contributed by atoms with E-state index in [2.05, 4.69) is 29.2 Å². The zero-order valence-corrected chi connectivity index (χ0v) is 16.0. The number of aromatic nitrogens is 2. The summed E-state index contributed by atoms with van der Waals surface area (Å²) in [5, 5.41) is 7.87. The van der Waals surface area contributed by atoms with E-state index in [4.69, 9.17) is 0 Å². The average molecular weight is 363 g/mol. The third-order valence-corrected chi connectivity index (χ3v) is 5.29. The lowest BCUT2D eigenvalue weighted by Gasteiger charge is -2.22. The molecule has 0 saturated carbocycles. The van der Waals surface area contributed by atoms with E-state index in [-0.39, 0.29) is 30.7 Å². The first-order chi connectivity index (χ1) is 9.97. The zero-order chi connectivity index (χ0) is 15.1. The highest BCUT2D eigenvalue weighted by Gasteiger charge is 2.39. The summed E-state index contributed by atoms with van der Waals surface area (Å²) in [6, 6.07) is 0. The molecule has 0 aliphatic carbocycles. The van der Waals surface area contributed by atoms with Crippen LogP contribution in [0, 0.1) is 31.6 Å². The number of rotatable bonds is 3. The number of carbonyl (C=O) groups is 1. The molecule has 23 heavy (non-hydrogen) atoms. The fourth-order valence-corrected chi connectivity index (χ4v) is 3.85. The monoisotopic (exact) mass is 362 g/mol. The van der Waals surface area contributed by atoms with Crippen molar-refractivity contribution < 1.29 is 4.79 Å². The molecule has 1 aromatic rings. The molecule has 1 N–H and O–H groups in total. The molecule has 2 aliphatic rings. The predicted octanol–water partition coefficient (Wildman–Crippen LogP) is 1.74. The number of carbonyl (C=O) groups excluding carboxylic acids is 1. The van der Waals surface area contributed by atoms with Crippen LogP contribution in [0.3, 0.4) is 0 Å². The molecule has 2 aliphatic heterocycles. The van der Waals surface area contributed by atoms with Gasteiger partial charge in [-0.1, -0.05) is 6.92 Å². The van der Waals surface area contributed by atoms with Crippen molar-refractivity contribution in [3.05, 3.63) is 17.0 Å². The Hall–Kier alpha value is -0.780. The van der Waals surface area contributed by atoms with Gasteiger partial charge in [-0.25, -0.2) is 0 Å². The molecule has 1 aromatic heterocycles. The van der Waals surface area contributed by atoms with Gasteiger partial charge in [-0.15, -0.1) is 24.8 Å². The van der Waals surface area contributed by atoms with E-state index in [9.17, 15) is 4.79 Å². The maximum Gasteiger partial charge on any atom is 0.225 e. The number of halogens is 2. The molecule has 1 amide bonds. The second kappa shape index (κ2) is 7.86. The first-order valence-electron chi connectivity index (χ1n) is 7.96. The molecule has 0 aromatic carbocycles. The maximum absolute atomic E-state index is 12.7. The average Bonchev–Trinajstić information content (AvgIpc) is 3.08. The van der Waals surface area contributed by atoms with Gasteiger partial charge in [0.2, 0.25) is 5.91 Å². The van der Waals surface area contributed by atoms with Crippen LogP contribution >= 0.6 is 24.8 Å². The van der Waals surface area contributed by atoms with Gasteiger partial charge in [0.05, 0.1) is 5.69 Å². The quantitative estimate of drug-likeness (QED) is 0.890. The fourth-order valence-electron chi connectivity index (χ4n) is 3.85. The topological polar surface area (TPSA) is 50.2 Å². The summed E-state index contributed by atoms with van der Waals surface area (Å²) >= 11 is 0. The Labute approximate surface area is 151 Å². The van der Waals surface area contributed by atoms with Gasteiger partial charge in [-0.3, -0.25) is 9.48 Å². The Morgan fingerprint density at radius 1 is 1.26 bits per heavy atom. The van der Waals surface area contributed by atoms with Crippen molar-refractivity contribution in [1.82, 2.24) is 20.0 Å². The van der Waals surface area contributed by atoms with Gasteiger partial charge < -0.3 is 10.2 Å². The highest BCUT2D eigenvalue weighted by atomic mass is 35.5. The van der Waals surface area contributed by atoms with Crippen molar-refractivity contribution in [3.8, 4) is 0 Å². The van der Waals surface area contributed by atoms with Gasteiger partial charge in [-0.2, -0.15) is 5.10 Å². The summed E-state index contributed by atoms with van der Waals surface area (Å²) in [6.07, 6.45) is 0.800. The smallest absolute Gasteiger partial charge is 0.225 e. The third-order valence-electron chi connectivity index (χ3n) is 5.29. The molecule has 2 fully saturated rings. The summed E-state index contributed by atoms with van der Waals surface area (Å²) in [5.41, 5.74) is 3.46. The molecule has 2 saturated heterocycles. The standard InChI is InChI=1S/C16H26N4O.2ClH/c1-10(5-15-11(2)18-19(4)12(15)3)16(21)20-8-13-6-17-7-14(13)9-20;;/h10,13-14,17H,5-9H2,1-4H3;2*1H/t10?,13-,14+;;. The van der Waals surface area contributed by atoms with Gasteiger partial charge in [0.1, 0.15) is 0 Å². The highest BCUT2D eigenvalue weighted by molar-refractivity contribution is 5.85. The van der Waals surface area contributed by atoms with E-state index in [1.54, 1.807) is 0 Å². The first-order valence-corrected chi connectivity index (χ1v) is 7.96.